The van der Waals surface area contributed by atoms with E-state index >= 15 is 0 Å². The molecule has 0 saturated carbocycles. The van der Waals surface area contributed by atoms with Crippen LogP contribution in [0.25, 0.3) is 71.3 Å². The number of anilines is 3. The van der Waals surface area contributed by atoms with Crippen molar-refractivity contribution in [2.75, 3.05) is 4.90 Å². The van der Waals surface area contributed by atoms with Crippen molar-refractivity contribution in [2.24, 2.45) is 0 Å². The van der Waals surface area contributed by atoms with Crippen LogP contribution in [0, 0.1) is 0 Å². The van der Waals surface area contributed by atoms with Crippen LogP contribution >= 0.6 is 0 Å². The summed E-state index contributed by atoms with van der Waals surface area (Å²) in [5, 5.41) is 5.04. The van der Waals surface area contributed by atoms with Crippen LogP contribution in [0.1, 0.15) is 29.1 Å². The summed E-state index contributed by atoms with van der Waals surface area (Å²) >= 11 is 0. The second-order valence-electron chi connectivity index (χ2n) is 15.6. The van der Waals surface area contributed by atoms with Gasteiger partial charge in [0.2, 0.25) is 0 Å². The first-order valence-electron chi connectivity index (χ1n) is 22.6. The Bertz CT molecular complexity index is 3760. The minimum Gasteiger partial charge on any atom is -0.309 e. The van der Waals surface area contributed by atoms with Crippen molar-refractivity contribution in [1.82, 2.24) is 4.57 Å². The Hall–Kier alpha value is -7.68. The third kappa shape index (κ3) is 4.30. The Labute approximate surface area is 349 Å². The molecule has 0 N–H and O–H groups in total. The Morgan fingerprint density at radius 3 is 1.78 bits per heavy atom. The first-order chi connectivity index (χ1) is 31.4. The van der Waals surface area contributed by atoms with Crippen molar-refractivity contribution in [3.8, 4) is 27.9 Å². The summed E-state index contributed by atoms with van der Waals surface area (Å²) < 4.78 is 52.5. The van der Waals surface area contributed by atoms with Gasteiger partial charge in [0.05, 0.1) is 34.7 Å². The third-order valence-corrected chi connectivity index (χ3v) is 12.8. The molecule has 2 heteroatoms. The highest BCUT2D eigenvalue weighted by molar-refractivity contribution is 6.15. The van der Waals surface area contributed by atoms with Crippen LogP contribution in [0.15, 0.2) is 218 Å². The predicted octanol–water partition coefficient (Wildman–Crippen LogP) is 14.9. The lowest BCUT2D eigenvalue weighted by molar-refractivity contribution is 0.773. The molecule has 0 bridgehead atoms. The van der Waals surface area contributed by atoms with Crippen molar-refractivity contribution in [3.05, 3.63) is 241 Å². The summed E-state index contributed by atoms with van der Waals surface area (Å²) in [6.45, 7) is 0. The maximum absolute atomic E-state index is 10.5. The molecule has 0 unspecified atom stereocenters. The van der Waals surface area contributed by atoms with Crippen LogP contribution in [0.3, 0.4) is 0 Å². The molecule has 2 aliphatic carbocycles. The topological polar surface area (TPSA) is 8.17 Å². The average molecular weight is 754 g/mol. The van der Waals surface area contributed by atoms with E-state index in [-0.39, 0.29) is 30.2 Å². The molecule has 2 aliphatic rings. The number of aromatic nitrogens is 1. The summed E-state index contributed by atoms with van der Waals surface area (Å²) in [7, 11) is 0. The molecule has 0 fully saturated rings. The Morgan fingerprint density at radius 1 is 0.407 bits per heavy atom. The number of fused-ring (bicyclic) bond motifs is 13. The second kappa shape index (κ2) is 12.2. The van der Waals surface area contributed by atoms with Crippen LogP contribution in [0.5, 0.6) is 0 Å². The third-order valence-electron chi connectivity index (χ3n) is 12.8. The van der Waals surface area contributed by atoms with Gasteiger partial charge in [-0.2, -0.15) is 0 Å². The fourth-order valence-corrected chi connectivity index (χ4v) is 10.4. The van der Waals surface area contributed by atoms with Crippen molar-refractivity contribution in [2.45, 2.75) is 5.41 Å². The quantitative estimate of drug-likeness (QED) is 0.174. The van der Waals surface area contributed by atoms with Gasteiger partial charge in [-0.25, -0.2) is 0 Å². The van der Waals surface area contributed by atoms with Crippen molar-refractivity contribution in [3.63, 3.8) is 0 Å². The SMILES string of the molecule is [2H]c1c([2H])c2c3c(c([2H])c([2H])c(N(c4ccc5c6ccccc6n(-c6ccccc6)c5c4)c4cccc5ccccc45)c3c1[2H])C1(c3ccccc3-c3ccccc31)c1ccccc1-2. The van der Waals surface area contributed by atoms with E-state index in [4.69, 9.17) is 0 Å². The molecule has 59 heavy (non-hydrogen) atoms. The first kappa shape index (κ1) is 27.8. The van der Waals surface area contributed by atoms with Gasteiger partial charge in [0.25, 0.3) is 0 Å². The molecule has 0 atom stereocenters. The lowest BCUT2D eigenvalue weighted by Gasteiger charge is -2.40. The van der Waals surface area contributed by atoms with E-state index in [9.17, 15) is 6.85 Å². The smallest absolute Gasteiger partial charge is 0.0725 e. The molecule has 0 saturated heterocycles. The molecule has 1 spiro atoms. The van der Waals surface area contributed by atoms with Crippen LogP contribution in [0.2, 0.25) is 0 Å². The minimum absolute atomic E-state index is 0.0194. The first-order valence-corrected chi connectivity index (χ1v) is 20.1. The monoisotopic (exact) mass is 753 g/mol. The van der Waals surface area contributed by atoms with E-state index in [1.165, 1.54) is 0 Å². The molecular weight excluding hydrogens is 713 g/mol. The van der Waals surface area contributed by atoms with Crippen LogP contribution < -0.4 is 4.90 Å². The molecule has 1 aromatic heterocycles. The zero-order valence-corrected chi connectivity index (χ0v) is 31.8. The molecule has 2 nitrogen and oxygen atoms in total. The van der Waals surface area contributed by atoms with Crippen molar-refractivity contribution >= 4 is 60.4 Å². The second-order valence-corrected chi connectivity index (χ2v) is 15.6. The van der Waals surface area contributed by atoms with Crippen LogP contribution in [-0.2, 0) is 5.41 Å². The van der Waals surface area contributed by atoms with Gasteiger partial charge in [-0.05, 0) is 97.7 Å². The number of nitrogens with zero attached hydrogens (tertiary/aromatic N) is 2. The van der Waals surface area contributed by atoms with Gasteiger partial charge in [-0.3, -0.25) is 0 Å². The Kier molecular flexibility index (Phi) is 5.74. The van der Waals surface area contributed by atoms with E-state index < -0.39 is 5.41 Å². The van der Waals surface area contributed by atoms with Crippen molar-refractivity contribution < 1.29 is 6.85 Å². The zero-order chi connectivity index (χ0) is 43.0. The normalized spacial score (nSPS) is 14.4. The fraction of sp³-hybridized carbons (Fsp3) is 0.0175. The zero-order valence-electron chi connectivity index (χ0n) is 36.8. The van der Waals surface area contributed by atoms with Gasteiger partial charge in [-0.1, -0.05) is 176 Å². The Balaban J connectivity index is 1.23. The van der Waals surface area contributed by atoms with Gasteiger partial charge >= 0.3 is 0 Å². The van der Waals surface area contributed by atoms with E-state index in [0.717, 1.165) is 83.0 Å². The van der Waals surface area contributed by atoms with Gasteiger partial charge in [0.1, 0.15) is 0 Å². The highest BCUT2D eigenvalue weighted by atomic mass is 15.1. The summed E-state index contributed by atoms with van der Waals surface area (Å²) in [6, 6.07) is 63.7. The maximum atomic E-state index is 10.5. The van der Waals surface area contributed by atoms with Crippen molar-refractivity contribution in [1.29, 1.82) is 0 Å². The van der Waals surface area contributed by atoms with E-state index in [1.807, 2.05) is 89.8 Å². The van der Waals surface area contributed by atoms with Gasteiger partial charge in [-0.15, -0.1) is 0 Å². The molecular formula is C57H36N2. The van der Waals surface area contributed by atoms with E-state index in [2.05, 4.69) is 108 Å². The summed E-state index contributed by atoms with van der Waals surface area (Å²) in [6.07, 6.45) is 0. The predicted molar refractivity (Wildman–Crippen MR) is 247 cm³/mol. The van der Waals surface area contributed by atoms with Gasteiger partial charge < -0.3 is 9.47 Å². The fourth-order valence-electron chi connectivity index (χ4n) is 10.4. The average Bonchev–Trinajstić information content (AvgIpc) is 3.83. The molecule has 1 heterocycles. The van der Waals surface area contributed by atoms with E-state index in [1.54, 1.807) is 0 Å². The standard InChI is InChI=1S/C57H36N2/c1-2-18-38(19-3-1)58-53-30-13-9-24-44(53)45-33-32-39(36-55(45)58)59(52-31-14-17-37-16-4-5-20-40(37)52)54-35-34-51-56-46(25-15-26-47(54)56)43-23-8-12-29-50(43)57(51)48-27-10-6-21-41(48)42-22-7-11-28-49(42)57/h1-36H/i15D,25D,26D,34D,35D. The maximum Gasteiger partial charge on any atom is 0.0725 e. The summed E-state index contributed by atoms with van der Waals surface area (Å²) in [4.78, 5) is 2.04. The molecule has 11 aromatic rings. The number of para-hydroxylation sites is 2. The van der Waals surface area contributed by atoms with Gasteiger partial charge in [0, 0.05) is 32.9 Å². The van der Waals surface area contributed by atoms with Crippen LogP contribution in [0.4, 0.5) is 17.1 Å². The highest BCUT2D eigenvalue weighted by Gasteiger charge is 2.50. The lowest BCUT2D eigenvalue weighted by Crippen LogP contribution is -2.32. The summed E-state index contributed by atoms with van der Waals surface area (Å²) in [5.74, 6) is 0. The van der Waals surface area contributed by atoms with Crippen LogP contribution in [-0.4, -0.2) is 4.57 Å². The molecule has 0 aliphatic heterocycles. The molecule has 274 valence electrons. The number of rotatable bonds is 4. The number of hydrogen-bond donors (Lipinski definition) is 0. The van der Waals surface area contributed by atoms with Gasteiger partial charge in [0.15, 0.2) is 0 Å². The number of benzene rings is 10. The van der Waals surface area contributed by atoms with E-state index in [0.29, 0.717) is 27.6 Å². The molecule has 0 radical (unpaired) electrons. The minimum atomic E-state index is -1.04. The highest BCUT2D eigenvalue weighted by Crippen LogP contribution is 2.62. The molecule has 0 amide bonds. The number of hydrogen-bond acceptors (Lipinski definition) is 1. The molecule has 13 rings (SSSR count). The lowest BCUT2D eigenvalue weighted by atomic mass is 9.61. The largest absolute Gasteiger partial charge is 0.309 e. The molecule has 10 aromatic carbocycles. The Morgan fingerprint density at radius 2 is 1.02 bits per heavy atom. The summed E-state index contributed by atoms with van der Waals surface area (Å²) in [5.41, 5.74) is 10.7.